The van der Waals surface area contributed by atoms with E-state index in [1.54, 1.807) is 7.05 Å². The molecule has 0 spiro atoms. The van der Waals surface area contributed by atoms with Gasteiger partial charge in [0.1, 0.15) is 11.6 Å². The quantitative estimate of drug-likeness (QED) is 0.843. The van der Waals surface area contributed by atoms with Gasteiger partial charge in [-0.1, -0.05) is 0 Å². The second-order valence-corrected chi connectivity index (χ2v) is 6.77. The highest BCUT2D eigenvalue weighted by Gasteiger charge is 2.31. The van der Waals surface area contributed by atoms with Crippen molar-refractivity contribution in [2.24, 2.45) is 0 Å². The van der Waals surface area contributed by atoms with E-state index in [1.807, 2.05) is 12.1 Å². The summed E-state index contributed by atoms with van der Waals surface area (Å²) < 4.78 is 22.9. The van der Waals surface area contributed by atoms with Gasteiger partial charge in [0, 0.05) is 13.0 Å². The van der Waals surface area contributed by atoms with E-state index in [0.717, 1.165) is 17.2 Å². The van der Waals surface area contributed by atoms with Crippen molar-refractivity contribution in [3.63, 3.8) is 0 Å². The van der Waals surface area contributed by atoms with E-state index in [1.165, 1.54) is 0 Å². The molecule has 1 atom stereocenters. The van der Waals surface area contributed by atoms with Crippen LogP contribution < -0.4 is 5.32 Å². The standard InChI is InChI=1S/C11H14N4O2S/c1-12-9-3-2-8-11(14-9)15-10(13-8)7-4-5-18(16,17)6-7/h2-3,7H,4-6H2,1H3,(H2,12,13,14,15). The third-order valence-corrected chi connectivity index (χ3v) is 5.01. The van der Waals surface area contributed by atoms with Crippen molar-refractivity contribution in [1.82, 2.24) is 15.0 Å². The molecule has 2 aromatic rings. The van der Waals surface area contributed by atoms with Crippen molar-refractivity contribution in [1.29, 1.82) is 0 Å². The van der Waals surface area contributed by atoms with Crippen LogP contribution in [-0.2, 0) is 9.84 Å². The largest absolute Gasteiger partial charge is 0.373 e. The van der Waals surface area contributed by atoms with Crippen molar-refractivity contribution >= 4 is 26.8 Å². The van der Waals surface area contributed by atoms with Gasteiger partial charge in [-0.05, 0) is 18.6 Å². The van der Waals surface area contributed by atoms with Crippen LogP contribution in [0.2, 0.25) is 0 Å². The number of imidazole rings is 1. The van der Waals surface area contributed by atoms with Crippen LogP contribution in [0.3, 0.4) is 0 Å². The van der Waals surface area contributed by atoms with E-state index in [0.29, 0.717) is 12.1 Å². The lowest BCUT2D eigenvalue weighted by Crippen LogP contribution is -2.04. The van der Waals surface area contributed by atoms with Gasteiger partial charge >= 0.3 is 0 Å². The number of anilines is 1. The van der Waals surface area contributed by atoms with Crippen LogP contribution in [0.1, 0.15) is 18.2 Å². The summed E-state index contributed by atoms with van der Waals surface area (Å²) in [6, 6.07) is 3.75. The third-order valence-electron chi connectivity index (χ3n) is 3.24. The molecule has 18 heavy (non-hydrogen) atoms. The third kappa shape index (κ3) is 1.94. The van der Waals surface area contributed by atoms with Crippen LogP contribution in [0.25, 0.3) is 11.2 Å². The Morgan fingerprint density at radius 2 is 2.22 bits per heavy atom. The molecule has 1 unspecified atom stereocenters. The Labute approximate surface area is 105 Å². The maximum Gasteiger partial charge on any atom is 0.179 e. The van der Waals surface area contributed by atoms with Crippen LogP contribution in [0, 0.1) is 0 Å². The molecule has 2 aromatic heterocycles. The Hall–Kier alpha value is -1.63. The number of sulfone groups is 1. The SMILES string of the molecule is CNc1ccc2[nH]c(C3CCS(=O)(=O)C3)nc2n1. The second-order valence-electron chi connectivity index (χ2n) is 4.54. The molecule has 3 rings (SSSR count). The summed E-state index contributed by atoms with van der Waals surface area (Å²) in [4.78, 5) is 11.9. The number of pyridine rings is 1. The highest BCUT2D eigenvalue weighted by Crippen LogP contribution is 2.28. The average molecular weight is 266 g/mol. The first-order valence-corrected chi connectivity index (χ1v) is 7.64. The Morgan fingerprint density at radius 1 is 1.39 bits per heavy atom. The summed E-state index contributed by atoms with van der Waals surface area (Å²) in [5, 5.41) is 2.95. The highest BCUT2D eigenvalue weighted by molar-refractivity contribution is 7.91. The molecule has 0 bridgehead atoms. The van der Waals surface area contributed by atoms with E-state index in [2.05, 4.69) is 20.3 Å². The molecule has 2 N–H and O–H groups in total. The maximum atomic E-state index is 11.5. The fourth-order valence-corrected chi connectivity index (χ4v) is 4.00. The smallest absolute Gasteiger partial charge is 0.179 e. The summed E-state index contributed by atoms with van der Waals surface area (Å²) in [5.74, 6) is 1.89. The van der Waals surface area contributed by atoms with Gasteiger partial charge in [-0.25, -0.2) is 18.4 Å². The number of H-pyrrole nitrogens is 1. The predicted octanol–water partition coefficient (Wildman–Crippen LogP) is 0.902. The van der Waals surface area contributed by atoms with Gasteiger partial charge in [0.05, 0.1) is 17.0 Å². The first kappa shape index (κ1) is 11.5. The number of nitrogens with zero attached hydrogens (tertiary/aromatic N) is 2. The molecule has 0 radical (unpaired) electrons. The monoisotopic (exact) mass is 266 g/mol. The summed E-state index contributed by atoms with van der Waals surface area (Å²) in [6.45, 7) is 0. The summed E-state index contributed by atoms with van der Waals surface area (Å²) in [6.07, 6.45) is 0.640. The number of rotatable bonds is 2. The molecule has 0 aliphatic carbocycles. The minimum atomic E-state index is -2.89. The van der Waals surface area contributed by atoms with Crippen LogP contribution in [0.4, 0.5) is 5.82 Å². The van der Waals surface area contributed by atoms with E-state index < -0.39 is 9.84 Å². The van der Waals surface area contributed by atoms with E-state index in [4.69, 9.17) is 0 Å². The number of fused-ring (bicyclic) bond motifs is 1. The Balaban J connectivity index is 1.99. The topological polar surface area (TPSA) is 87.7 Å². The molecule has 6 nitrogen and oxygen atoms in total. The number of hydrogen-bond donors (Lipinski definition) is 2. The number of aromatic amines is 1. The minimum absolute atomic E-state index is 0.0257. The number of hydrogen-bond acceptors (Lipinski definition) is 5. The van der Waals surface area contributed by atoms with Crippen LogP contribution in [0.15, 0.2) is 12.1 Å². The molecule has 0 aromatic carbocycles. The zero-order chi connectivity index (χ0) is 12.8. The fraction of sp³-hybridized carbons (Fsp3) is 0.455. The Kier molecular flexibility index (Phi) is 2.51. The summed E-state index contributed by atoms with van der Waals surface area (Å²) in [7, 11) is -1.09. The van der Waals surface area contributed by atoms with E-state index in [-0.39, 0.29) is 17.4 Å². The lowest BCUT2D eigenvalue weighted by molar-refractivity contribution is 0.601. The first-order chi connectivity index (χ1) is 8.57. The van der Waals surface area contributed by atoms with E-state index in [9.17, 15) is 8.42 Å². The predicted molar refractivity (Wildman–Crippen MR) is 69.4 cm³/mol. The Morgan fingerprint density at radius 3 is 2.89 bits per heavy atom. The molecule has 7 heteroatoms. The molecule has 1 aliphatic rings. The molecule has 0 saturated carbocycles. The fourth-order valence-electron chi connectivity index (χ4n) is 2.25. The highest BCUT2D eigenvalue weighted by atomic mass is 32.2. The lowest BCUT2D eigenvalue weighted by Gasteiger charge is -2.00. The zero-order valence-electron chi connectivity index (χ0n) is 9.97. The lowest BCUT2D eigenvalue weighted by atomic mass is 10.1. The van der Waals surface area contributed by atoms with Gasteiger partial charge in [0.2, 0.25) is 0 Å². The van der Waals surface area contributed by atoms with Crippen molar-refractivity contribution < 1.29 is 8.42 Å². The normalized spacial score (nSPS) is 22.4. The second kappa shape index (κ2) is 3.94. The van der Waals surface area contributed by atoms with Crippen molar-refractivity contribution in [3.8, 4) is 0 Å². The van der Waals surface area contributed by atoms with Gasteiger partial charge in [-0.15, -0.1) is 0 Å². The number of nitrogens with one attached hydrogen (secondary N) is 2. The maximum absolute atomic E-state index is 11.5. The molecule has 1 fully saturated rings. The minimum Gasteiger partial charge on any atom is -0.373 e. The molecule has 0 amide bonds. The van der Waals surface area contributed by atoms with Crippen LogP contribution in [0.5, 0.6) is 0 Å². The van der Waals surface area contributed by atoms with Gasteiger partial charge in [-0.2, -0.15) is 0 Å². The van der Waals surface area contributed by atoms with Crippen LogP contribution in [-0.4, -0.2) is 41.9 Å². The molecular weight excluding hydrogens is 252 g/mol. The van der Waals surface area contributed by atoms with Gasteiger partial charge in [0.15, 0.2) is 15.5 Å². The van der Waals surface area contributed by atoms with Gasteiger partial charge in [0.25, 0.3) is 0 Å². The van der Waals surface area contributed by atoms with Crippen molar-refractivity contribution in [3.05, 3.63) is 18.0 Å². The number of aromatic nitrogens is 3. The van der Waals surface area contributed by atoms with Crippen molar-refractivity contribution in [2.75, 3.05) is 23.9 Å². The Bertz CT molecular complexity index is 692. The molecule has 1 aliphatic heterocycles. The van der Waals surface area contributed by atoms with Crippen molar-refractivity contribution in [2.45, 2.75) is 12.3 Å². The molecule has 96 valence electrons. The average Bonchev–Trinajstić information content (AvgIpc) is 2.90. The first-order valence-electron chi connectivity index (χ1n) is 5.82. The molecular formula is C11H14N4O2S. The zero-order valence-corrected chi connectivity index (χ0v) is 10.8. The molecule has 3 heterocycles. The summed E-state index contributed by atoms with van der Waals surface area (Å²) >= 11 is 0. The summed E-state index contributed by atoms with van der Waals surface area (Å²) in [5.41, 5.74) is 1.47. The van der Waals surface area contributed by atoms with Crippen LogP contribution >= 0.6 is 0 Å². The molecule has 1 saturated heterocycles. The van der Waals surface area contributed by atoms with E-state index >= 15 is 0 Å². The van der Waals surface area contributed by atoms with Gasteiger partial charge in [-0.3, -0.25) is 0 Å². The van der Waals surface area contributed by atoms with Gasteiger partial charge < -0.3 is 10.3 Å².